The molecule has 0 saturated heterocycles. The number of rotatable bonds is 5. The second kappa shape index (κ2) is 6.08. The van der Waals surface area contributed by atoms with Crippen molar-refractivity contribution in [2.24, 2.45) is 5.92 Å². The fourth-order valence-corrected chi connectivity index (χ4v) is 4.00. The highest BCUT2D eigenvalue weighted by atomic mass is 32.2. The van der Waals surface area contributed by atoms with Gasteiger partial charge in [0.25, 0.3) is 5.69 Å². The van der Waals surface area contributed by atoms with Crippen molar-refractivity contribution in [2.75, 3.05) is 6.54 Å². The first-order valence-electron chi connectivity index (χ1n) is 6.74. The molecule has 2 unspecified atom stereocenters. The molecule has 2 rings (SSSR count). The summed E-state index contributed by atoms with van der Waals surface area (Å²) in [5.41, 5.74) is -0.110. The van der Waals surface area contributed by atoms with Gasteiger partial charge in [0.1, 0.15) is 0 Å². The second-order valence-corrected chi connectivity index (χ2v) is 7.00. The van der Waals surface area contributed by atoms with Crippen LogP contribution in [0.3, 0.4) is 0 Å². The summed E-state index contributed by atoms with van der Waals surface area (Å²) in [5, 5.41) is 20.6. The van der Waals surface area contributed by atoms with Crippen LogP contribution in [0, 0.1) is 23.0 Å². The zero-order valence-corrected chi connectivity index (χ0v) is 12.5. The fourth-order valence-electron chi connectivity index (χ4n) is 2.64. The summed E-state index contributed by atoms with van der Waals surface area (Å²) in [5.74, 6) is -0.0984. The van der Waals surface area contributed by atoms with E-state index in [9.17, 15) is 23.6 Å². The molecule has 116 valence electrons. The van der Waals surface area contributed by atoms with Crippen LogP contribution in [0.5, 0.6) is 0 Å². The minimum atomic E-state index is -3.82. The normalized spacial score (nSPS) is 22.4. The number of benzene rings is 1. The Morgan fingerprint density at radius 2 is 2.14 bits per heavy atom. The van der Waals surface area contributed by atoms with Crippen LogP contribution >= 0.6 is 0 Å². The standard InChI is InChI=1S/C13H18N2O5S/c1-9-11(15(17)18)5-3-7-13(9)21(19,20)14-8-10-4-2-6-12(10)16/h3,5,7,10,12,14,16H,2,4,6,8H2,1H3. The Hall–Kier alpha value is -1.51. The topological polar surface area (TPSA) is 110 Å². The maximum Gasteiger partial charge on any atom is 0.273 e. The van der Waals surface area contributed by atoms with Gasteiger partial charge >= 0.3 is 0 Å². The Balaban J connectivity index is 2.20. The number of nitrogens with one attached hydrogen (secondary N) is 1. The van der Waals surface area contributed by atoms with Crippen molar-refractivity contribution in [1.82, 2.24) is 4.72 Å². The van der Waals surface area contributed by atoms with Gasteiger partial charge in [-0.15, -0.1) is 0 Å². The fraction of sp³-hybridized carbons (Fsp3) is 0.538. The molecule has 0 aromatic heterocycles. The van der Waals surface area contributed by atoms with Gasteiger partial charge in [0.05, 0.1) is 15.9 Å². The van der Waals surface area contributed by atoms with E-state index < -0.39 is 21.1 Å². The zero-order chi connectivity index (χ0) is 15.6. The largest absolute Gasteiger partial charge is 0.393 e. The van der Waals surface area contributed by atoms with Gasteiger partial charge < -0.3 is 5.11 Å². The molecular weight excluding hydrogens is 296 g/mol. The quantitative estimate of drug-likeness (QED) is 0.629. The van der Waals surface area contributed by atoms with Crippen molar-refractivity contribution < 1.29 is 18.4 Å². The lowest BCUT2D eigenvalue weighted by atomic mass is 10.1. The summed E-state index contributed by atoms with van der Waals surface area (Å²) in [4.78, 5) is 10.2. The number of nitrogens with zero attached hydrogens (tertiary/aromatic N) is 1. The van der Waals surface area contributed by atoms with E-state index >= 15 is 0 Å². The van der Waals surface area contributed by atoms with Gasteiger partial charge in [-0.05, 0) is 31.7 Å². The predicted molar refractivity (Wildman–Crippen MR) is 76.4 cm³/mol. The lowest BCUT2D eigenvalue weighted by Crippen LogP contribution is -2.32. The number of nitro benzene ring substituents is 1. The molecule has 1 aliphatic carbocycles. The molecule has 0 heterocycles. The molecule has 21 heavy (non-hydrogen) atoms. The van der Waals surface area contributed by atoms with E-state index in [0.29, 0.717) is 6.42 Å². The Labute approximate surface area is 123 Å². The minimum absolute atomic E-state index is 0.0933. The van der Waals surface area contributed by atoms with Crippen LogP contribution in [0.15, 0.2) is 23.1 Å². The van der Waals surface area contributed by atoms with E-state index in [-0.39, 0.29) is 28.6 Å². The third-order valence-electron chi connectivity index (χ3n) is 3.90. The first kappa shape index (κ1) is 15.9. The number of hydrogen-bond acceptors (Lipinski definition) is 5. The van der Waals surface area contributed by atoms with Crippen LogP contribution in [-0.2, 0) is 10.0 Å². The molecule has 1 saturated carbocycles. The molecule has 0 bridgehead atoms. The number of hydrogen-bond donors (Lipinski definition) is 2. The molecule has 1 aromatic carbocycles. The van der Waals surface area contributed by atoms with Crippen molar-refractivity contribution >= 4 is 15.7 Å². The predicted octanol–water partition coefficient (Wildman–Crippen LogP) is 1.34. The molecule has 1 aromatic rings. The van der Waals surface area contributed by atoms with E-state index in [1.165, 1.54) is 25.1 Å². The average Bonchev–Trinajstić information content (AvgIpc) is 2.82. The molecule has 7 nitrogen and oxygen atoms in total. The van der Waals surface area contributed by atoms with E-state index in [4.69, 9.17) is 0 Å². The summed E-state index contributed by atoms with van der Waals surface area (Å²) in [6.07, 6.45) is 1.85. The molecular formula is C13H18N2O5S. The maximum atomic E-state index is 12.3. The summed E-state index contributed by atoms with van der Waals surface area (Å²) in [6, 6.07) is 3.97. The van der Waals surface area contributed by atoms with Crippen LogP contribution in [0.25, 0.3) is 0 Å². The first-order valence-corrected chi connectivity index (χ1v) is 8.23. The number of aliphatic hydroxyl groups excluding tert-OH is 1. The average molecular weight is 314 g/mol. The summed E-state index contributed by atoms with van der Waals surface area (Å²) in [6.45, 7) is 1.56. The maximum absolute atomic E-state index is 12.3. The van der Waals surface area contributed by atoms with Crippen molar-refractivity contribution in [3.63, 3.8) is 0 Å². The van der Waals surface area contributed by atoms with Gasteiger partial charge in [0, 0.05) is 18.2 Å². The number of sulfonamides is 1. The highest BCUT2D eigenvalue weighted by Crippen LogP contribution is 2.27. The first-order chi connectivity index (χ1) is 9.83. The lowest BCUT2D eigenvalue weighted by molar-refractivity contribution is -0.385. The van der Waals surface area contributed by atoms with E-state index in [0.717, 1.165) is 12.8 Å². The molecule has 0 spiro atoms. The van der Waals surface area contributed by atoms with Crippen molar-refractivity contribution in [3.05, 3.63) is 33.9 Å². The van der Waals surface area contributed by atoms with Crippen LogP contribution in [0.1, 0.15) is 24.8 Å². The molecule has 8 heteroatoms. The van der Waals surface area contributed by atoms with Gasteiger partial charge in [-0.1, -0.05) is 12.5 Å². The van der Waals surface area contributed by atoms with Gasteiger partial charge in [-0.25, -0.2) is 13.1 Å². The van der Waals surface area contributed by atoms with Crippen molar-refractivity contribution in [1.29, 1.82) is 0 Å². The second-order valence-electron chi connectivity index (χ2n) is 5.27. The zero-order valence-electron chi connectivity index (χ0n) is 11.7. The lowest BCUT2D eigenvalue weighted by Gasteiger charge is -2.16. The molecule has 0 radical (unpaired) electrons. The van der Waals surface area contributed by atoms with E-state index in [1.54, 1.807) is 0 Å². The molecule has 1 aliphatic rings. The smallest absolute Gasteiger partial charge is 0.273 e. The van der Waals surface area contributed by atoms with Gasteiger partial charge in [-0.3, -0.25) is 10.1 Å². The molecule has 2 atom stereocenters. The Kier molecular flexibility index (Phi) is 4.60. The molecule has 0 amide bonds. The Bertz CT molecular complexity index is 644. The highest BCUT2D eigenvalue weighted by molar-refractivity contribution is 7.89. The monoisotopic (exact) mass is 314 g/mol. The SMILES string of the molecule is Cc1c([N+](=O)[O-])cccc1S(=O)(=O)NCC1CCCC1O. The summed E-state index contributed by atoms with van der Waals surface area (Å²) < 4.78 is 27.0. The van der Waals surface area contributed by atoms with Crippen molar-refractivity contribution in [3.8, 4) is 0 Å². The van der Waals surface area contributed by atoms with Gasteiger partial charge in [-0.2, -0.15) is 0 Å². The van der Waals surface area contributed by atoms with Crippen LogP contribution < -0.4 is 4.72 Å². The highest BCUT2D eigenvalue weighted by Gasteiger charge is 2.28. The third-order valence-corrected chi connectivity index (χ3v) is 5.46. The van der Waals surface area contributed by atoms with Crippen LogP contribution in [-0.4, -0.2) is 31.1 Å². The van der Waals surface area contributed by atoms with E-state index in [1.807, 2.05) is 0 Å². The van der Waals surface area contributed by atoms with Gasteiger partial charge in [0.2, 0.25) is 10.0 Å². The van der Waals surface area contributed by atoms with Crippen molar-refractivity contribution in [2.45, 2.75) is 37.2 Å². The number of nitro groups is 1. The van der Waals surface area contributed by atoms with Gasteiger partial charge in [0.15, 0.2) is 0 Å². The molecule has 2 N–H and O–H groups in total. The Morgan fingerprint density at radius 3 is 2.71 bits per heavy atom. The number of aliphatic hydroxyl groups is 1. The molecule has 0 aliphatic heterocycles. The summed E-state index contributed by atoms with van der Waals surface area (Å²) >= 11 is 0. The minimum Gasteiger partial charge on any atom is -0.393 e. The van der Waals surface area contributed by atoms with E-state index in [2.05, 4.69) is 4.72 Å². The third kappa shape index (κ3) is 3.39. The molecule has 1 fully saturated rings. The summed E-state index contributed by atoms with van der Waals surface area (Å²) in [7, 11) is -3.82. The Morgan fingerprint density at radius 1 is 1.43 bits per heavy atom. The van der Waals surface area contributed by atoms with Crippen LogP contribution in [0.4, 0.5) is 5.69 Å². The van der Waals surface area contributed by atoms with Crippen LogP contribution in [0.2, 0.25) is 0 Å².